The quantitative estimate of drug-likeness (QED) is 0.735. The molecule has 0 bridgehead atoms. The Balaban J connectivity index is 1.48. The molecule has 3 rings (SSSR count). The molecule has 2 saturated heterocycles. The Morgan fingerprint density at radius 3 is 2.38 bits per heavy atom. The van der Waals surface area contributed by atoms with Crippen molar-refractivity contribution in [3.8, 4) is 0 Å². The van der Waals surface area contributed by atoms with Gasteiger partial charge in [-0.15, -0.1) is 0 Å². The van der Waals surface area contributed by atoms with Gasteiger partial charge >= 0.3 is 0 Å². The van der Waals surface area contributed by atoms with Gasteiger partial charge in [0.15, 0.2) is 0 Å². The maximum atomic E-state index is 13.1. The fourth-order valence-corrected chi connectivity index (χ4v) is 4.11. The van der Waals surface area contributed by atoms with Crippen LogP contribution in [0.3, 0.4) is 0 Å². The Labute approximate surface area is 174 Å². The first kappa shape index (κ1) is 21.8. The van der Waals surface area contributed by atoms with Crippen molar-refractivity contribution in [1.82, 2.24) is 14.7 Å². The van der Waals surface area contributed by atoms with Gasteiger partial charge in [-0.1, -0.05) is 17.7 Å². The summed E-state index contributed by atoms with van der Waals surface area (Å²) in [7, 11) is 0. The molecule has 6 heteroatoms. The highest BCUT2D eigenvalue weighted by Gasteiger charge is 2.32. The molecule has 2 fully saturated rings. The molecular weight excluding hydrogens is 366 g/mol. The summed E-state index contributed by atoms with van der Waals surface area (Å²) in [6.07, 6.45) is 2.02. The molecule has 2 aliphatic rings. The number of ether oxygens (including phenoxy) is 1. The van der Waals surface area contributed by atoms with Crippen LogP contribution in [0.2, 0.25) is 0 Å². The van der Waals surface area contributed by atoms with Gasteiger partial charge in [0.1, 0.15) is 0 Å². The number of piperazine rings is 1. The molecule has 0 N–H and O–H groups in total. The molecule has 2 heterocycles. The Morgan fingerprint density at radius 1 is 1.03 bits per heavy atom. The van der Waals surface area contributed by atoms with Crippen molar-refractivity contribution in [2.45, 2.75) is 39.7 Å². The van der Waals surface area contributed by atoms with Crippen LogP contribution in [-0.2, 0) is 9.53 Å². The van der Waals surface area contributed by atoms with Crippen molar-refractivity contribution in [3.05, 3.63) is 35.4 Å². The molecule has 0 saturated carbocycles. The van der Waals surface area contributed by atoms with E-state index in [-0.39, 0.29) is 23.8 Å². The minimum atomic E-state index is -0.0750. The summed E-state index contributed by atoms with van der Waals surface area (Å²) < 4.78 is 5.63. The number of benzene rings is 1. The third-order valence-electron chi connectivity index (χ3n) is 5.90. The summed E-state index contributed by atoms with van der Waals surface area (Å²) in [5, 5.41) is 0. The smallest absolute Gasteiger partial charge is 0.253 e. The van der Waals surface area contributed by atoms with Crippen molar-refractivity contribution >= 4 is 11.8 Å². The summed E-state index contributed by atoms with van der Waals surface area (Å²) in [4.78, 5) is 32.1. The van der Waals surface area contributed by atoms with Crippen molar-refractivity contribution in [3.63, 3.8) is 0 Å². The summed E-state index contributed by atoms with van der Waals surface area (Å²) >= 11 is 0. The Kier molecular flexibility index (Phi) is 7.67. The molecule has 1 aromatic rings. The molecule has 1 unspecified atom stereocenters. The second kappa shape index (κ2) is 10.2. The molecule has 2 aliphatic heterocycles. The van der Waals surface area contributed by atoms with E-state index in [2.05, 4.69) is 4.90 Å². The second-order valence-corrected chi connectivity index (χ2v) is 8.54. The van der Waals surface area contributed by atoms with Gasteiger partial charge in [-0.2, -0.15) is 0 Å². The summed E-state index contributed by atoms with van der Waals surface area (Å²) in [6.45, 7) is 12.4. The van der Waals surface area contributed by atoms with Crippen LogP contribution in [-0.4, -0.2) is 85.0 Å². The highest BCUT2D eigenvalue weighted by atomic mass is 16.5. The number of piperidine rings is 1. The van der Waals surface area contributed by atoms with Gasteiger partial charge in [0.05, 0.1) is 18.6 Å². The van der Waals surface area contributed by atoms with E-state index in [1.807, 2.05) is 54.8 Å². The summed E-state index contributed by atoms with van der Waals surface area (Å²) in [5.41, 5.74) is 1.85. The van der Waals surface area contributed by atoms with E-state index in [9.17, 15) is 9.59 Å². The minimum Gasteiger partial charge on any atom is -0.377 e. The first-order valence-electron chi connectivity index (χ1n) is 10.9. The van der Waals surface area contributed by atoms with E-state index in [0.717, 1.165) is 64.3 Å². The number of carbonyl (C=O) groups is 2. The van der Waals surface area contributed by atoms with E-state index in [0.29, 0.717) is 12.1 Å². The summed E-state index contributed by atoms with van der Waals surface area (Å²) in [6, 6.07) is 7.69. The Hall–Kier alpha value is -1.92. The van der Waals surface area contributed by atoms with Gasteiger partial charge in [0.2, 0.25) is 5.91 Å². The van der Waals surface area contributed by atoms with Gasteiger partial charge < -0.3 is 14.5 Å². The molecular formula is C23H35N3O3. The normalized spacial score (nSPS) is 20.9. The number of hydrogen-bond acceptors (Lipinski definition) is 4. The Morgan fingerprint density at radius 2 is 1.72 bits per heavy atom. The highest BCUT2D eigenvalue weighted by Crippen LogP contribution is 2.21. The van der Waals surface area contributed by atoms with Gasteiger partial charge in [-0.3, -0.25) is 14.5 Å². The fourth-order valence-electron chi connectivity index (χ4n) is 4.11. The number of amides is 2. The number of aryl methyl sites for hydroxylation is 1. The van der Waals surface area contributed by atoms with Crippen LogP contribution in [0, 0.1) is 12.8 Å². The van der Waals surface area contributed by atoms with Crippen molar-refractivity contribution < 1.29 is 14.3 Å². The first-order chi connectivity index (χ1) is 13.9. The lowest BCUT2D eigenvalue weighted by Crippen LogP contribution is -2.53. The lowest BCUT2D eigenvalue weighted by atomic mass is 9.95. The number of hydrogen-bond donors (Lipinski definition) is 0. The molecule has 0 spiro atoms. The fraction of sp³-hybridized carbons (Fsp3) is 0.652. The lowest BCUT2D eigenvalue weighted by Gasteiger charge is -2.39. The molecule has 0 radical (unpaired) electrons. The van der Waals surface area contributed by atoms with E-state index in [1.165, 1.54) is 0 Å². The zero-order chi connectivity index (χ0) is 20.8. The van der Waals surface area contributed by atoms with Crippen molar-refractivity contribution in [2.24, 2.45) is 5.92 Å². The van der Waals surface area contributed by atoms with Gasteiger partial charge in [0, 0.05) is 51.4 Å². The molecule has 160 valence electrons. The van der Waals surface area contributed by atoms with E-state index < -0.39 is 0 Å². The van der Waals surface area contributed by atoms with E-state index in [4.69, 9.17) is 4.74 Å². The predicted octanol–water partition coefficient (Wildman–Crippen LogP) is 2.42. The molecule has 0 aromatic heterocycles. The average Bonchev–Trinajstić information content (AvgIpc) is 2.73. The number of nitrogens with zero attached hydrogens (tertiary/aromatic N) is 3. The first-order valence-corrected chi connectivity index (χ1v) is 10.9. The Bertz CT molecular complexity index is 681. The van der Waals surface area contributed by atoms with Crippen molar-refractivity contribution in [2.75, 3.05) is 52.4 Å². The third kappa shape index (κ3) is 6.03. The molecule has 1 atom stereocenters. The number of likely N-dealkylation sites (tertiary alicyclic amines) is 1. The van der Waals surface area contributed by atoms with Crippen LogP contribution in [0.4, 0.5) is 0 Å². The van der Waals surface area contributed by atoms with Crippen LogP contribution >= 0.6 is 0 Å². The zero-order valence-corrected chi connectivity index (χ0v) is 18.1. The van der Waals surface area contributed by atoms with Crippen LogP contribution in [0.15, 0.2) is 24.3 Å². The molecule has 29 heavy (non-hydrogen) atoms. The zero-order valence-electron chi connectivity index (χ0n) is 18.1. The predicted molar refractivity (Wildman–Crippen MR) is 114 cm³/mol. The van der Waals surface area contributed by atoms with Crippen molar-refractivity contribution in [1.29, 1.82) is 0 Å². The molecule has 2 amide bonds. The minimum absolute atomic E-state index is 0.0393. The third-order valence-corrected chi connectivity index (χ3v) is 5.90. The van der Waals surface area contributed by atoms with E-state index >= 15 is 0 Å². The van der Waals surface area contributed by atoms with Gasteiger partial charge in [0.25, 0.3) is 5.91 Å². The van der Waals surface area contributed by atoms with Gasteiger partial charge in [-0.05, 0) is 45.7 Å². The number of rotatable bonds is 6. The van der Waals surface area contributed by atoms with Gasteiger partial charge in [-0.25, -0.2) is 0 Å². The van der Waals surface area contributed by atoms with Crippen LogP contribution in [0.5, 0.6) is 0 Å². The van der Waals surface area contributed by atoms with E-state index in [1.54, 1.807) is 0 Å². The maximum absolute atomic E-state index is 13.1. The second-order valence-electron chi connectivity index (χ2n) is 8.54. The number of carbonyl (C=O) groups excluding carboxylic acids is 2. The largest absolute Gasteiger partial charge is 0.377 e. The monoisotopic (exact) mass is 401 g/mol. The topological polar surface area (TPSA) is 53.1 Å². The molecule has 1 aromatic carbocycles. The average molecular weight is 402 g/mol. The molecule has 6 nitrogen and oxygen atoms in total. The molecule has 0 aliphatic carbocycles. The maximum Gasteiger partial charge on any atom is 0.253 e. The highest BCUT2D eigenvalue weighted by molar-refractivity contribution is 5.94. The lowest BCUT2D eigenvalue weighted by molar-refractivity contribution is -0.138. The van der Waals surface area contributed by atoms with Crippen LogP contribution < -0.4 is 0 Å². The van der Waals surface area contributed by atoms with Crippen LogP contribution in [0.1, 0.15) is 42.6 Å². The van der Waals surface area contributed by atoms with Crippen LogP contribution in [0.25, 0.3) is 0 Å². The summed E-state index contributed by atoms with van der Waals surface area (Å²) in [5.74, 6) is 0.177. The SMILES string of the molecule is Cc1ccc(C(=O)N2CCCC(C(=O)N3CCN(CCOC(C)C)CC3)C2)cc1. The standard InChI is InChI=1S/C23H35N3O3/c1-18(2)29-16-15-24-11-13-25(14-12-24)23(28)21-5-4-10-26(17-21)22(27)20-8-6-19(3)7-9-20/h6-9,18,21H,4-5,10-17H2,1-3H3.